The Morgan fingerprint density at radius 1 is 1.19 bits per heavy atom. The maximum atomic E-state index is 12.9. The first-order valence-corrected chi connectivity index (χ1v) is 11.3. The molecule has 1 unspecified atom stereocenters. The molecule has 5 nitrogen and oxygen atoms in total. The van der Waals surface area contributed by atoms with Gasteiger partial charge in [-0.05, 0) is 42.0 Å². The third-order valence-corrected chi connectivity index (χ3v) is 7.36. The van der Waals surface area contributed by atoms with Gasteiger partial charge in [0.2, 0.25) is 15.9 Å². The number of nitrogens with zero attached hydrogens (tertiary/aromatic N) is 2. The number of carbonyl (C=O) groups is 1. The molecule has 0 spiro atoms. The average molecular weight is 389 g/mol. The van der Waals surface area contributed by atoms with Crippen LogP contribution in [0.4, 0.5) is 0 Å². The van der Waals surface area contributed by atoms with Gasteiger partial charge in [0.15, 0.2) is 0 Å². The zero-order valence-electron chi connectivity index (χ0n) is 16.1. The van der Waals surface area contributed by atoms with Gasteiger partial charge in [0.25, 0.3) is 0 Å². The summed E-state index contributed by atoms with van der Waals surface area (Å²) in [6, 6.07) is 13.9. The lowest BCUT2D eigenvalue weighted by atomic mass is 10.0. The van der Waals surface area contributed by atoms with Crippen LogP contribution < -0.4 is 0 Å². The first-order valence-electron chi connectivity index (χ1n) is 9.65. The molecule has 1 amide bonds. The fraction of sp³-hybridized carbons (Fsp3) is 0.476. The third-order valence-electron chi connectivity index (χ3n) is 5.28. The molecular formula is C21H28N2O3S. The van der Waals surface area contributed by atoms with Crippen molar-refractivity contribution in [3.05, 3.63) is 48.0 Å². The van der Waals surface area contributed by atoms with E-state index >= 15 is 0 Å². The van der Waals surface area contributed by atoms with E-state index in [0.717, 1.165) is 12.8 Å². The summed E-state index contributed by atoms with van der Waals surface area (Å²) in [4.78, 5) is 14.6. The van der Waals surface area contributed by atoms with Crippen LogP contribution in [0.15, 0.2) is 42.5 Å². The number of rotatable bonds is 7. The zero-order chi connectivity index (χ0) is 19.4. The largest absolute Gasteiger partial charge is 0.344 e. The minimum atomic E-state index is -3.35. The molecule has 2 aromatic rings. The van der Waals surface area contributed by atoms with E-state index in [0.29, 0.717) is 25.9 Å². The van der Waals surface area contributed by atoms with Crippen LogP contribution in [0, 0.1) is 0 Å². The highest BCUT2D eigenvalue weighted by atomic mass is 32.2. The van der Waals surface area contributed by atoms with Crippen LogP contribution in [-0.2, 0) is 21.2 Å². The standard InChI is InChI=1S/C21H28N2O3S/c1-3-16-27(25,26)23-14-7-12-20(23)21(24)22(2)15-13-18-10-6-9-17-8-4-5-11-19(17)18/h4-6,8-11,20H,3,7,12-16H2,1-2H3. The second-order valence-electron chi connectivity index (χ2n) is 7.23. The van der Waals surface area contributed by atoms with Gasteiger partial charge in [-0.15, -0.1) is 0 Å². The fourth-order valence-electron chi connectivity index (χ4n) is 3.86. The molecule has 27 heavy (non-hydrogen) atoms. The van der Waals surface area contributed by atoms with Crippen molar-refractivity contribution in [3.63, 3.8) is 0 Å². The normalized spacial score (nSPS) is 18.1. The molecule has 0 aliphatic carbocycles. The summed E-state index contributed by atoms with van der Waals surface area (Å²) in [6.07, 6.45) is 2.67. The quantitative estimate of drug-likeness (QED) is 0.732. The van der Waals surface area contributed by atoms with Gasteiger partial charge in [0, 0.05) is 20.1 Å². The van der Waals surface area contributed by atoms with Gasteiger partial charge >= 0.3 is 0 Å². The average Bonchev–Trinajstić information content (AvgIpc) is 3.16. The molecule has 0 aromatic heterocycles. The number of sulfonamides is 1. The highest BCUT2D eigenvalue weighted by Gasteiger charge is 2.39. The van der Waals surface area contributed by atoms with E-state index in [2.05, 4.69) is 24.3 Å². The van der Waals surface area contributed by atoms with Crippen molar-refractivity contribution < 1.29 is 13.2 Å². The Kier molecular flexibility index (Phi) is 6.17. The van der Waals surface area contributed by atoms with Crippen molar-refractivity contribution in [1.29, 1.82) is 0 Å². The second-order valence-corrected chi connectivity index (χ2v) is 9.27. The molecule has 3 rings (SSSR count). The van der Waals surface area contributed by atoms with Crippen molar-refractivity contribution in [2.45, 2.75) is 38.6 Å². The molecular weight excluding hydrogens is 360 g/mol. The number of benzene rings is 2. The first-order chi connectivity index (χ1) is 12.9. The second kappa shape index (κ2) is 8.40. The van der Waals surface area contributed by atoms with Gasteiger partial charge < -0.3 is 4.90 Å². The van der Waals surface area contributed by atoms with Crippen molar-refractivity contribution in [2.75, 3.05) is 25.9 Å². The molecule has 0 saturated carbocycles. The Balaban J connectivity index is 1.68. The van der Waals surface area contributed by atoms with Crippen LogP contribution in [0.1, 0.15) is 31.7 Å². The minimum Gasteiger partial charge on any atom is -0.344 e. The molecule has 1 aliphatic rings. The molecule has 2 aromatic carbocycles. The Morgan fingerprint density at radius 2 is 1.93 bits per heavy atom. The number of fused-ring (bicyclic) bond motifs is 1. The minimum absolute atomic E-state index is 0.0904. The number of carbonyl (C=O) groups excluding carboxylic acids is 1. The maximum absolute atomic E-state index is 12.9. The Hall–Kier alpha value is -1.92. The number of hydrogen-bond donors (Lipinski definition) is 0. The summed E-state index contributed by atoms with van der Waals surface area (Å²) in [5.41, 5.74) is 1.20. The number of amides is 1. The van der Waals surface area contributed by atoms with E-state index in [9.17, 15) is 13.2 Å². The SMILES string of the molecule is CCCS(=O)(=O)N1CCCC1C(=O)N(C)CCc1cccc2ccccc12. The predicted octanol–water partition coefficient (Wildman–Crippen LogP) is 3.04. The third kappa shape index (κ3) is 4.33. The van der Waals surface area contributed by atoms with Crippen LogP contribution in [0.2, 0.25) is 0 Å². The van der Waals surface area contributed by atoms with Gasteiger partial charge in [0.05, 0.1) is 5.75 Å². The lowest BCUT2D eigenvalue weighted by Gasteiger charge is -2.27. The molecule has 0 radical (unpaired) electrons. The van der Waals surface area contributed by atoms with Crippen molar-refractivity contribution in [2.24, 2.45) is 0 Å². The van der Waals surface area contributed by atoms with Gasteiger partial charge in [-0.25, -0.2) is 8.42 Å². The Labute approximate surface area is 162 Å². The summed E-state index contributed by atoms with van der Waals surface area (Å²) in [5.74, 6) is 0.0173. The molecule has 0 N–H and O–H groups in total. The molecule has 1 atom stereocenters. The van der Waals surface area contributed by atoms with Crippen LogP contribution >= 0.6 is 0 Å². The van der Waals surface area contributed by atoms with Gasteiger partial charge in [0.1, 0.15) is 6.04 Å². The summed E-state index contributed by atoms with van der Waals surface area (Å²) < 4.78 is 26.3. The van der Waals surface area contributed by atoms with Crippen LogP contribution in [0.25, 0.3) is 10.8 Å². The van der Waals surface area contributed by atoms with Crippen molar-refractivity contribution >= 4 is 26.7 Å². The monoisotopic (exact) mass is 388 g/mol. The molecule has 1 heterocycles. The lowest BCUT2D eigenvalue weighted by molar-refractivity contribution is -0.133. The summed E-state index contributed by atoms with van der Waals surface area (Å²) in [7, 11) is -1.57. The van der Waals surface area contributed by atoms with Gasteiger partial charge in [-0.2, -0.15) is 4.31 Å². The van der Waals surface area contributed by atoms with Gasteiger partial charge in [-0.3, -0.25) is 4.79 Å². The highest BCUT2D eigenvalue weighted by molar-refractivity contribution is 7.89. The van der Waals surface area contributed by atoms with E-state index in [-0.39, 0.29) is 11.7 Å². The van der Waals surface area contributed by atoms with E-state index < -0.39 is 16.1 Å². The number of hydrogen-bond acceptors (Lipinski definition) is 3. The van der Waals surface area contributed by atoms with E-state index in [1.54, 1.807) is 11.9 Å². The van der Waals surface area contributed by atoms with Crippen LogP contribution in [0.3, 0.4) is 0 Å². The fourth-order valence-corrected chi connectivity index (χ4v) is 5.60. The summed E-state index contributed by atoms with van der Waals surface area (Å²) in [5, 5.41) is 2.39. The predicted molar refractivity (Wildman–Crippen MR) is 109 cm³/mol. The van der Waals surface area contributed by atoms with E-state index in [4.69, 9.17) is 0 Å². The topological polar surface area (TPSA) is 57.7 Å². The van der Waals surface area contributed by atoms with Crippen LogP contribution in [0.5, 0.6) is 0 Å². The Bertz CT molecular complexity index is 905. The molecule has 0 bridgehead atoms. The molecule has 1 fully saturated rings. The Morgan fingerprint density at radius 3 is 2.70 bits per heavy atom. The molecule has 1 aliphatic heterocycles. The lowest BCUT2D eigenvalue weighted by Crippen LogP contribution is -2.47. The van der Waals surface area contributed by atoms with Gasteiger partial charge in [-0.1, -0.05) is 49.4 Å². The zero-order valence-corrected chi connectivity index (χ0v) is 16.9. The van der Waals surface area contributed by atoms with E-state index in [1.807, 2.05) is 25.1 Å². The van der Waals surface area contributed by atoms with Crippen LogP contribution in [-0.4, -0.2) is 55.5 Å². The summed E-state index contributed by atoms with van der Waals surface area (Å²) in [6.45, 7) is 2.88. The molecule has 1 saturated heterocycles. The first kappa shape index (κ1) is 19.8. The van der Waals surface area contributed by atoms with Crippen molar-refractivity contribution in [3.8, 4) is 0 Å². The summed E-state index contributed by atoms with van der Waals surface area (Å²) >= 11 is 0. The number of likely N-dealkylation sites (N-methyl/N-ethyl adjacent to an activating group) is 1. The molecule has 6 heteroatoms. The van der Waals surface area contributed by atoms with E-state index in [1.165, 1.54) is 20.6 Å². The maximum Gasteiger partial charge on any atom is 0.240 e. The highest BCUT2D eigenvalue weighted by Crippen LogP contribution is 2.24. The smallest absolute Gasteiger partial charge is 0.240 e. The van der Waals surface area contributed by atoms with Crippen molar-refractivity contribution in [1.82, 2.24) is 9.21 Å². The molecule has 146 valence electrons.